The standard InChI is InChI=1S/C16H15N5O2/c1-10-3-4-12(21(22)23)7-14(10)19-8-11-9-20-16-13(5-6-18-16)15(11)17-2/h3-9H,1-2H3,(H2,17,18,20). The molecule has 0 radical (unpaired) electrons. The van der Waals surface area contributed by atoms with E-state index < -0.39 is 4.92 Å². The van der Waals surface area contributed by atoms with Crippen LogP contribution in [0.3, 0.4) is 0 Å². The first-order valence-corrected chi connectivity index (χ1v) is 7.03. The number of hydrogen-bond acceptors (Lipinski definition) is 5. The van der Waals surface area contributed by atoms with Crippen LogP contribution in [0, 0.1) is 17.0 Å². The van der Waals surface area contributed by atoms with Crippen molar-refractivity contribution < 1.29 is 4.92 Å². The molecule has 0 bridgehead atoms. The molecular formula is C16H15N5O2. The van der Waals surface area contributed by atoms with Crippen LogP contribution >= 0.6 is 0 Å². The van der Waals surface area contributed by atoms with E-state index in [2.05, 4.69) is 20.3 Å². The summed E-state index contributed by atoms with van der Waals surface area (Å²) in [4.78, 5) is 22.2. The minimum absolute atomic E-state index is 0.0239. The zero-order valence-corrected chi connectivity index (χ0v) is 12.7. The Kier molecular flexibility index (Phi) is 3.76. The van der Waals surface area contributed by atoms with E-state index in [0.717, 1.165) is 27.8 Å². The van der Waals surface area contributed by atoms with E-state index >= 15 is 0 Å². The first-order valence-electron chi connectivity index (χ1n) is 7.03. The Balaban J connectivity index is 2.03. The van der Waals surface area contributed by atoms with E-state index in [0.29, 0.717) is 5.69 Å². The van der Waals surface area contributed by atoms with Gasteiger partial charge in [0, 0.05) is 48.7 Å². The summed E-state index contributed by atoms with van der Waals surface area (Å²) in [5.74, 6) is 0. The fourth-order valence-corrected chi connectivity index (χ4v) is 2.39. The summed E-state index contributed by atoms with van der Waals surface area (Å²) in [7, 11) is 1.83. The zero-order valence-electron chi connectivity index (χ0n) is 12.7. The van der Waals surface area contributed by atoms with E-state index in [1.807, 2.05) is 26.2 Å². The summed E-state index contributed by atoms with van der Waals surface area (Å²) in [6.45, 7) is 1.86. The Hall–Kier alpha value is -3.22. The van der Waals surface area contributed by atoms with Gasteiger partial charge in [0.2, 0.25) is 0 Å². The maximum absolute atomic E-state index is 10.9. The van der Waals surface area contributed by atoms with E-state index in [4.69, 9.17) is 0 Å². The summed E-state index contributed by atoms with van der Waals surface area (Å²) in [6, 6.07) is 6.56. The van der Waals surface area contributed by atoms with Crippen molar-refractivity contribution in [1.82, 2.24) is 9.97 Å². The highest BCUT2D eigenvalue weighted by molar-refractivity contribution is 6.00. The molecule has 7 heteroatoms. The number of fused-ring (bicyclic) bond motifs is 1. The quantitative estimate of drug-likeness (QED) is 0.437. The maximum Gasteiger partial charge on any atom is 0.271 e. The Bertz CT molecular complexity index is 914. The lowest BCUT2D eigenvalue weighted by Gasteiger charge is -2.06. The highest BCUT2D eigenvalue weighted by Crippen LogP contribution is 2.27. The van der Waals surface area contributed by atoms with E-state index in [-0.39, 0.29) is 5.69 Å². The summed E-state index contributed by atoms with van der Waals surface area (Å²) in [5.41, 5.74) is 3.96. The van der Waals surface area contributed by atoms with Crippen molar-refractivity contribution in [2.45, 2.75) is 6.92 Å². The number of rotatable bonds is 4. The number of nitrogens with one attached hydrogen (secondary N) is 2. The number of pyridine rings is 1. The molecule has 0 saturated carbocycles. The molecule has 0 saturated heterocycles. The molecule has 3 aromatic rings. The summed E-state index contributed by atoms with van der Waals surface area (Å²) in [5, 5.41) is 15.0. The van der Waals surface area contributed by atoms with E-state index in [9.17, 15) is 10.1 Å². The number of nitro groups is 1. The predicted octanol–water partition coefficient (Wildman–Crippen LogP) is 3.57. The van der Waals surface area contributed by atoms with Gasteiger partial charge in [-0.25, -0.2) is 4.98 Å². The van der Waals surface area contributed by atoms with Crippen molar-refractivity contribution in [1.29, 1.82) is 0 Å². The van der Waals surface area contributed by atoms with Gasteiger partial charge in [-0.15, -0.1) is 0 Å². The van der Waals surface area contributed by atoms with E-state index in [1.54, 1.807) is 18.5 Å². The second-order valence-corrected chi connectivity index (χ2v) is 5.06. The zero-order chi connectivity index (χ0) is 16.4. The van der Waals surface area contributed by atoms with Gasteiger partial charge in [-0.05, 0) is 18.6 Å². The number of hydrogen-bond donors (Lipinski definition) is 2. The molecule has 2 N–H and O–H groups in total. The Morgan fingerprint density at radius 1 is 1.39 bits per heavy atom. The average Bonchev–Trinajstić information content (AvgIpc) is 3.01. The number of benzene rings is 1. The summed E-state index contributed by atoms with van der Waals surface area (Å²) < 4.78 is 0. The number of anilines is 1. The largest absolute Gasteiger partial charge is 0.387 e. The van der Waals surface area contributed by atoms with Gasteiger partial charge >= 0.3 is 0 Å². The lowest BCUT2D eigenvalue weighted by Crippen LogP contribution is -1.97. The minimum atomic E-state index is -0.426. The summed E-state index contributed by atoms with van der Waals surface area (Å²) in [6.07, 6.45) is 5.20. The molecule has 23 heavy (non-hydrogen) atoms. The first kappa shape index (κ1) is 14.7. The monoisotopic (exact) mass is 309 g/mol. The highest BCUT2D eigenvalue weighted by Gasteiger charge is 2.09. The van der Waals surface area contributed by atoms with E-state index in [1.165, 1.54) is 12.1 Å². The first-order chi connectivity index (χ1) is 11.1. The van der Waals surface area contributed by atoms with Crippen molar-refractivity contribution in [3.8, 4) is 0 Å². The van der Waals surface area contributed by atoms with Crippen LogP contribution < -0.4 is 5.32 Å². The number of non-ortho nitro benzene ring substituents is 1. The van der Waals surface area contributed by atoms with Crippen molar-refractivity contribution in [2.24, 2.45) is 4.99 Å². The normalized spacial score (nSPS) is 11.2. The molecule has 1 aromatic carbocycles. The molecule has 0 amide bonds. The van der Waals surface area contributed by atoms with Crippen molar-refractivity contribution in [2.75, 3.05) is 12.4 Å². The van der Waals surface area contributed by atoms with Crippen molar-refractivity contribution in [3.05, 3.63) is 57.9 Å². The number of nitro benzene ring substituents is 1. The molecule has 0 aliphatic rings. The molecule has 116 valence electrons. The molecule has 3 rings (SSSR count). The lowest BCUT2D eigenvalue weighted by atomic mass is 10.1. The molecule has 0 aliphatic heterocycles. The lowest BCUT2D eigenvalue weighted by molar-refractivity contribution is -0.384. The van der Waals surface area contributed by atoms with Gasteiger partial charge < -0.3 is 10.3 Å². The van der Waals surface area contributed by atoms with Crippen LogP contribution in [0.5, 0.6) is 0 Å². The van der Waals surface area contributed by atoms with Gasteiger partial charge in [0.15, 0.2) is 0 Å². The molecule has 0 atom stereocenters. The molecule has 2 heterocycles. The smallest absolute Gasteiger partial charge is 0.271 e. The molecule has 7 nitrogen and oxygen atoms in total. The SMILES string of the molecule is CNc1c(C=Nc2cc([N+](=O)[O-])ccc2C)cnc2[nH]ccc12. The fraction of sp³-hybridized carbons (Fsp3) is 0.125. The Morgan fingerprint density at radius 2 is 2.22 bits per heavy atom. The number of aromatic amines is 1. The number of aliphatic imine (C=N–C) groups is 1. The van der Waals surface area contributed by atoms with Gasteiger partial charge in [-0.1, -0.05) is 6.07 Å². The van der Waals surface area contributed by atoms with Crippen LogP contribution in [-0.2, 0) is 0 Å². The molecule has 0 spiro atoms. The Morgan fingerprint density at radius 3 is 2.96 bits per heavy atom. The number of aryl methyl sites for hydroxylation is 1. The summed E-state index contributed by atoms with van der Waals surface area (Å²) >= 11 is 0. The van der Waals surface area contributed by atoms with Gasteiger partial charge in [-0.2, -0.15) is 0 Å². The number of nitrogens with zero attached hydrogens (tertiary/aromatic N) is 3. The van der Waals surface area contributed by atoms with Gasteiger partial charge in [0.05, 0.1) is 16.3 Å². The van der Waals surface area contributed by atoms with Crippen LogP contribution in [0.2, 0.25) is 0 Å². The number of aromatic nitrogens is 2. The average molecular weight is 309 g/mol. The predicted molar refractivity (Wildman–Crippen MR) is 90.7 cm³/mol. The van der Waals surface area contributed by atoms with Crippen molar-refractivity contribution >= 4 is 34.3 Å². The maximum atomic E-state index is 10.9. The third-order valence-corrected chi connectivity index (χ3v) is 3.61. The fourth-order valence-electron chi connectivity index (χ4n) is 2.39. The molecule has 0 unspecified atom stereocenters. The van der Waals surface area contributed by atoms with Crippen molar-refractivity contribution in [3.63, 3.8) is 0 Å². The molecule has 2 aromatic heterocycles. The van der Waals surface area contributed by atoms with Gasteiger partial charge in [-0.3, -0.25) is 15.1 Å². The van der Waals surface area contributed by atoms with Crippen LogP contribution in [0.1, 0.15) is 11.1 Å². The molecular weight excluding hydrogens is 294 g/mol. The Labute approximate surface area is 132 Å². The third kappa shape index (κ3) is 2.76. The number of H-pyrrole nitrogens is 1. The van der Waals surface area contributed by atoms with Crippen LogP contribution in [0.4, 0.5) is 17.1 Å². The minimum Gasteiger partial charge on any atom is -0.387 e. The highest BCUT2D eigenvalue weighted by atomic mass is 16.6. The van der Waals surface area contributed by atoms with Gasteiger partial charge in [0.1, 0.15) is 5.65 Å². The van der Waals surface area contributed by atoms with Crippen LogP contribution in [0.25, 0.3) is 11.0 Å². The second-order valence-electron chi connectivity index (χ2n) is 5.06. The topological polar surface area (TPSA) is 96.2 Å². The van der Waals surface area contributed by atoms with Gasteiger partial charge in [0.25, 0.3) is 5.69 Å². The van der Waals surface area contributed by atoms with Crippen LogP contribution in [0.15, 0.2) is 41.7 Å². The molecule has 0 fully saturated rings. The third-order valence-electron chi connectivity index (χ3n) is 3.61. The second kappa shape index (κ2) is 5.88. The van der Waals surface area contributed by atoms with Crippen LogP contribution in [-0.4, -0.2) is 28.2 Å². The molecule has 0 aliphatic carbocycles.